The maximum atomic E-state index is 13.7. The summed E-state index contributed by atoms with van der Waals surface area (Å²) in [6.07, 6.45) is 6.87. The number of hydrogen-bond donors (Lipinski definition) is 3. The number of rotatable bonds is 15. The van der Waals surface area contributed by atoms with Crippen LogP contribution in [0.3, 0.4) is 0 Å². The topological polar surface area (TPSA) is 140 Å². The molecule has 1 aromatic carbocycles. The summed E-state index contributed by atoms with van der Waals surface area (Å²) in [5.41, 5.74) is 0. The molecule has 1 aromatic rings. The molecule has 218 valence electrons. The third-order valence-electron chi connectivity index (χ3n) is 7.31. The quantitative estimate of drug-likeness (QED) is 0.129. The van der Waals surface area contributed by atoms with Crippen molar-refractivity contribution < 1.29 is 43.2 Å². The number of carbonyl (C=O) groups excluding carboxylic acids is 1. The smallest absolute Gasteiger partial charge is 0.294 e. The lowest BCUT2D eigenvalue weighted by Crippen LogP contribution is -2.24. The normalized spacial score (nSPS) is 25.6. The maximum absolute atomic E-state index is 13.7. The fourth-order valence-corrected chi connectivity index (χ4v) is 5.25. The third kappa shape index (κ3) is 10.3. The third-order valence-corrected chi connectivity index (χ3v) is 7.31. The molecular weight excluding hydrogens is 518 g/mol. The van der Waals surface area contributed by atoms with Crippen LogP contribution in [0.4, 0.5) is 8.78 Å². The van der Waals surface area contributed by atoms with Gasteiger partial charge in [0.15, 0.2) is 11.6 Å². The van der Waals surface area contributed by atoms with Crippen LogP contribution in [-0.2, 0) is 14.4 Å². The Morgan fingerprint density at radius 3 is 2.90 bits per heavy atom. The van der Waals surface area contributed by atoms with Crippen LogP contribution in [0.15, 0.2) is 30.4 Å². The molecule has 0 radical (unpaired) electrons. The van der Waals surface area contributed by atoms with Crippen molar-refractivity contribution in [3.05, 3.63) is 52.1 Å². The van der Waals surface area contributed by atoms with Gasteiger partial charge in [-0.15, -0.1) is 10.1 Å². The standard InChI is InChI=1S/C27H38F2N2O8/c28-19-7-11-23(29)26(14-19)38-17-20(32)8-10-21-22-9-6-18(16-37-25(22)15-24(21)33)4-3-5-27(34)30-12-1-2-13-39-31(35)36/h7-8,10-11,14,18,20-22,24-25,32-33H,1-6,9,12-13,15-17H2,(H,30,34)/b10-8+/t18-,20+,21+,22+,24+,25-/m0/s1. The van der Waals surface area contributed by atoms with Crippen molar-refractivity contribution in [1.82, 2.24) is 5.32 Å². The minimum Gasteiger partial charge on any atom is -0.487 e. The first-order valence-electron chi connectivity index (χ1n) is 13.5. The van der Waals surface area contributed by atoms with E-state index in [0.717, 1.165) is 43.9 Å². The number of ether oxygens (including phenoxy) is 2. The number of aliphatic hydroxyl groups excluding tert-OH is 2. The maximum Gasteiger partial charge on any atom is 0.294 e. The highest BCUT2D eigenvalue weighted by molar-refractivity contribution is 5.75. The van der Waals surface area contributed by atoms with Crippen molar-refractivity contribution in [2.45, 2.75) is 69.7 Å². The molecule has 1 saturated carbocycles. The largest absolute Gasteiger partial charge is 0.487 e. The molecular formula is C27H38F2N2O8. The molecule has 1 amide bonds. The van der Waals surface area contributed by atoms with Crippen LogP contribution in [0.25, 0.3) is 0 Å². The minimum atomic E-state index is -1.06. The second kappa shape index (κ2) is 15.7. The van der Waals surface area contributed by atoms with Crippen molar-refractivity contribution in [1.29, 1.82) is 0 Å². The van der Waals surface area contributed by atoms with E-state index in [4.69, 9.17) is 9.47 Å². The van der Waals surface area contributed by atoms with Gasteiger partial charge in [0.25, 0.3) is 5.09 Å². The average Bonchev–Trinajstić information content (AvgIpc) is 3.06. The molecule has 1 saturated heterocycles. The number of nitrogens with zero attached hydrogens (tertiary/aromatic N) is 1. The first-order valence-corrected chi connectivity index (χ1v) is 13.5. The lowest BCUT2D eigenvalue weighted by molar-refractivity contribution is -0.757. The number of amides is 1. The Bertz CT molecular complexity index is 966. The fraction of sp³-hybridized carbons (Fsp3) is 0.667. The molecule has 10 nitrogen and oxygen atoms in total. The highest BCUT2D eigenvalue weighted by Gasteiger charge is 2.43. The van der Waals surface area contributed by atoms with Crippen LogP contribution in [-0.4, -0.2) is 65.9 Å². The highest BCUT2D eigenvalue weighted by atomic mass is 19.1. The molecule has 1 aliphatic heterocycles. The Labute approximate surface area is 226 Å². The van der Waals surface area contributed by atoms with Gasteiger partial charge in [-0.2, -0.15) is 0 Å². The average molecular weight is 557 g/mol. The van der Waals surface area contributed by atoms with Crippen molar-refractivity contribution in [3.63, 3.8) is 0 Å². The van der Waals surface area contributed by atoms with Crippen LogP contribution in [0.2, 0.25) is 0 Å². The molecule has 39 heavy (non-hydrogen) atoms. The Morgan fingerprint density at radius 1 is 1.28 bits per heavy atom. The summed E-state index contributed by atoms with van der Waals surface area (Å²) in [6, 6.07) is 2.86. The minimum absolute atomic E-state index is 0.0208. The number of hydrogen-bond acceptors (Lipinski definition) is 8. The molecule has 3 N–H and O–H groups in total. The van der Waals surface area contributed by atoms with Crippen LogP contribution in [0.1, 0.15) is 51.4 Å². The van der Waals surface area contributed by atoms with Gasteiger partial charge in [0.1, 0.15) is 18.5 Å². The van der Waals surface area contributed by atoms with E-state index in [1.165, 1.54) is 6.08 Å². The molecule has 0 spiro atoms. The van der Waals surface area contributed by atoms with E-state index < -0.39 is 28.9 Å². The van der Waals surface area contributed by atoms with Gasteiger partial charge in [-0.25, -0.2) is 8.78 Å². The molecule has 1 heterocycles. The van der Waals surface area contributed by atoms with Gasteiger partial charge in [0.2, 0.25) is 5.91 Å². The van der Waals surface area contributed by atoms with Gasteiger partial charge < -0.3 is 29.8 Å². The Morgan fingerprint density at radius 2 is 2.10 bits per heavy atom. The Kier molecular flexibility index (Phi) is 12.3. The zero-order chi connectivity index (χ0) is 28.2. The van der Waals surface area contributed by atoms with Gasteiger partial charge in [-0.05, 0) is 62.5 Å². The first kappa shape index (κ1) is 30.7. The number of nitrogens with one attached hydrogen (secondary N) is 1. The van der Waals surface area contributed by atoms with Gasteiger partial charge in [-0.1, -0.05) is 12.2 Å². The van der Waals surface area contributed by atoms with Gasteiger partial charge >= 0.3 is 0 Å². The lowest BCUT2D eigenvalue weighted by Gasteiger charge is -2.21. The van der Waals surface area contributed by atoms with E-state index in [1.54, 1.807) is 6.08 Å². The van der Waals surface area contributed by atoms with E-state index >= 15 is 0 Å². The molecule has 2 aliphatic rings. The highest BCUT2D eigenvalue weighted by Crippen LogP contribution is 2.42. The summed E-state index contributed by atoms with van der Waals surface area (Å²) < 4.78 is 38.3. The molecule has 6 atom stereocenters. The number of benzene rings is 1. The van der Waals surface area contributed by atoms with Crippen molar-refractivity contribution in [3.8, 4) is 5.75 Å². The zero-order valence-electron chi connectivity index (χ0n) is 21.9. The van der Waals surface area contributed by atoms with Crippen molar-refractivity contribution >= 4 is 5.91 Å². The number of halogens is 2. The lowest BCUT2D eigenvalue weighted by atomic mass is 9.86. The van der Waals surface area contributed by atoms with Crippen LogP contribution >= 0.6 is 0 Å². The molecule has 0 aromatic heterocycles. The Hall–Kier alpha value is -2.83. The molecule has 3 rings (SSSR count). The first-order chi connectivity index (χ1) is 18.7. The number of aliphatic hydroxyl groups is 2. The number of carbonyl (C=O) groups is 1. The Balaban J connectivity index is 1.36. The second-order valence-electron chi connectivity index (χ2n) is 10.2. The van der Waals surface area contributed by atoms with Crippen molar-refractivity contribution in [2.75, 3.05) is 26.4 Å². The number of fused-ring (bicyclic) bond motifs is 1. The summed E-state index contributed by atoms with van der Waals surface area (Å²) in [5.74, 6) is -1.47. The van der Waals surface area contributed by atoms with Gasteiger partial charge in [0, 0.05) is 38.0 Å². The van der Waals surface area contributed by atoms with Crippen LogP contribution in [0, 0.1) is 39.5 Å². The van der Waals surface area contributed by atoms with E-state index in [2.05, 4.69) is 10.2 Å². The van der Waals surface area contributed by atoms with E-state index in [9.17, 15) is 33.9 Å². The second-order valence-corrected chi connectivity index (χ2v) is 10.2. The van der Waals surface area contributed by atoms with E-state index in [-0.39, 0.29) is 42.8 Å². The molecule has 12 heteroatoms. The van der Waals surface area contributed by atoms with Crippen molar-refractivity contribution in [2.24, 2.45) is 17.8 Å². The van der Waals surface area contributed by atoms with E-state index in [1.807, 2.05) is 0 Å². The predicted molar refractivity (Wildman–Crippen MR) is 136 cm³/mol. The fourth-order valence-electron chi connectivity index (χ4n) is 5.25. The van der Waals surface area contributed by atoms with Gasteiger partial charge in [-0.3, -0.25) is 4.79 Å². The van der Waals surface area contributed by atoms with Gasteiger partial charge in [0.05, 0.1) is 18.8 Å². The SMILES string of the molecule is O=C(CCC[C@H]1CC[C@@H]2[C@@H](/C=C/[C@@H](O)COc3cc(F)ccc3F)[C@H](O)C[C@@H]2OC1)NCCCCO[N+](=O)[O-]. The van der Waals surface area contributed by atoms with Crippen LogP contribution < -0.4 is 10.1 Å². The number of unbranched alkanes of at least 4 members (excludes halogenated alkanes) is 1. The summed E-state index contributed by atoms with van der Waals surface area (Å²) in [5, 5.41) is 32.9. The monoisotopic (exact) mass is 556 g/mol. The molecule has 1 aliphatic carbocycles. The van der Waals surface area contributed by atoms with Crippen LogP contribution in [0.5, 0.6) is 5.75 Å². The molecule has 0 bridgehead atoms. The molecule has 0 unspecified atom stereocenters. The van der Waals surface area contributed by atoms with E-state index in [0.29, 0.717) is 44.8 Å². The summed E-state index contributed by atoms with van der Waals surface area (Å²) in [6.45, 7) is 0.788. The summed E-state index contributed by atoms with van der Waals surface area (Å²) >= 11 is 0. The zero-order valence-corrected chi connectivity index (χ0v) is 21.9. The summed E-state index contributed by atoms with van der Waals surface area (Å²) in [7, 11) is 0. The summed E-state index contributed by atoms with van der Waals surface area (Å²) in [4.78, 5) is 26.4. The molecule has 2 fully saturated rings. The predicted octanol–water partition coefficient (Wildman–Crippen LogP) is 3.33.